The second-order valence-corrected chi connectivity index (χ2v) is 30.1. The standard InChI is InChI=1S/C31H57NO5Si3/c1-30-17-16-22(32-33-2)18-21(30)12-13-23-24-14-15-25(27(36-39(6,7)8)20-34-38(3,4)5)31(24)19-26(28(23)30)35-29(31)37-40(9,10)11/h18,23-29H,12-17,19-20H2,1-11H3/b32-22-/t23-,24-,25+,26-,27-,28+,29?,30-,31+/m0/s1. The molecule has 5 rings (SSSR count). The second-order valence-electron chi connectivity index (χ2n) is 16.6. The summed E-state index contributed by atoms with van der Waals surface area (Å²) in [6.45, 7) is 24.1. The zero-order valence-corrected chi connectivity index (χ0v) is 30.3. The number of fused-ring (bicyclic) bond motifs is 6. The van der Waals surface area contributed by atoms with Gasteiger partial charge >= 0.3 is 0 Å². The minimum atomic E-state index is -1.85. The largest absolute Gasteiger partial charge is 0.415 e. The maximum atomic E-state index is 7.23. The van der Waals surface area contributed by atoms with Crippen LogP contribution in [0.15, 0.2) is 16.8 Å². The number of oxime groups is 1. The van der Waals surface area contributed by atoms with Crippen LogP contribution in [0.25, 0.3) is 0 Å². The predicted molar refractivity (Wildman–Crippen MR) is 170 cm³/mol. The van der Waals surface area contributed by atoms with Crippen LogP contribution in [0.2, 0.25) is 58.9 Å². The Hall–Kier alpha value is -0.299. The summed E-state index contributed by atoms with van der Waals surface area (Å²) >= 11 is 0. The number of rotatable bonds is 9. The van der Waals surface area contributed by atoms with Crippen molar-refractivity contribution in [3.05, 3.63) is 11.6 Å². The first-order valence-corrected chi connectivity index (χ1v) is 26.2. The molecule has 1 aliphatic heterocycles. The van der Waals surface area contributed by atoms with Crippen molar-refractivity contribution < 1.29 is 22.9 Å². The van der Waals surface area contributed by atoms with Gasteiger partial charge in [-0.1, -0.05) is 17.7 Å². The van der Waals surface area contributed by atoms with E-state index in [0.29, 0.717) is 30.3 Å². The van der Waals surface area contributed by atoms with Gasteiger partial charge in [-0.05, 0) is 139 Å². The number of hydrogen-bond donors (Lipinski definition) is 0. The second kappa shape index (κ2) is 10.7. The molecule has 0 N–H and O–H groups in total. The lowest BCUT2D eigenvalue weighted by Gasteiger charge is -2.58. The van der Waals surface area contributed by atoms with E-state index < -0.39 is 25.0 Å². The van der Waals surface area contributed by atoms with Gasteiger partial charge in [0.05, 0.1) is 24.5 Å². The third-order valence-electron chi connectivity index (χ3n) is 10.6. The molecular formula is C31H57NO5Si3. The Labute approximate surface area is 247 Å². The molecule has 0 amide bonds. The average molecular weight is 608 g/mol. The van der Waals surface area contributed by atoms with E-state index in [1.807, 2.05) is 0 Å². The fraction of sp³-hybridized carbons (Fsp3) is 0.903. The van der Waals surface area contributed by atoms with E-state index in [1.54, 1.807) is 12.7 Å². The van der Waals surface area contributed by atoms with E-state index in [9.17, 15) is 0 Å². The molecule has 1 heterocycles. The first kappa shape index (κ1) is 31.1. The summed E-state index contributed by atoms with van der Waals surface area (Å²) in [4.78, 5) is 5.16. The molecule has 1 saturated heterocycles. The molecule has 9 heteroatoms. The van der Waals surface area contributed by atoms with Gasteiger partial charge in [0, 0.05) is 5.41 Å². The van der Waals surface area contributed by atoms with Gasteiger partial charge < -0.3 is 22.9 Å². The van der Waals surface area contributed by atoms with Crippen LogP contribution >= 0.6 is 0 Å². The van der Waals surface area contributed by atoms with Crippen molar-refractivity contribution in [2.45, 2.75) is 129 Å². The van der Waals surface area contributed by atoms with Gasteiger partial charge in [0.2, 0.25) is 0 Å². The molecule has 228 valence electrons. The number of nitrogens with zero attached hydrogens (tertiary/aromatic N) is 1. The third kappa shape index (κ3) is 5.78. The van der Waals surface area contributed by atoms with Gasteiger partial charge in [-0.3, -0.25) is 0 Å². The van der Waals surface area contributed by atoms with E-state index in [4.69, 9.17) is 22.9 Å². The van der Waals surface area contributed by atoms with Crippen molar-refractivity contribution in [3.63, 3.8) is 0 Å². The van der Waals surface area contributed by atoms with Crippen LogP contribution in [0.4, 0.5) is 0 Å². The number of hydrogen-bond acceptors (Lipinski definition) is 6. The summed E-state index contributed by atoms with van der Waals surface area (Å²) in [6.07, 6.45) is 10.7. The van der Waals surface area contributed by atoms with Gasteiger partial charge in [0.25, 0.3) is 0 Å². The molecule has 4 fully saturated rings. The summed E-state index contributed by atoms with van der Waals surface area (Å²) in [6, 6.07) is 0. The zero-order valence-electron chi connectivity index (χ0n) is 27.3. The van der Waals surface area contributed by atoms with Gasteiger partial charge in [0.1, 0.15) is 7.11 Å². The highest BCUT2D eigenvalue weighted by molar-refractivity contribution is 6.70. The summed E-state index contributed by atoms with van der Waals surface area (Å²) in [5.41, 5.74) is 2.85. The van der Waals surface area contributed by atoms with E-state index >= 15 is 0 Å². The summed E-state index contributed by atoms with van der Waals surface area (Å²) < 4.78 is 28.0. The van der Waals surface area contributed by atoms with E-state index in [0.717, 1.165) is 31.4 Å². The van der Waals surface area contributed by atoms with Crippen LogP contribution in [0.3, 0.4) is 0 Å². The maximum absolute atomic E-state index is 7.23. The lowest BCUT2D eigenvalue weighted by molar-refractivity contribution is -0.150. The first-order chi connectivity index (χ1) is 18.5. The van der Waals surface area contributed by atoms with E-state index in [1.165, 1.54) is 19.3 Å². The van der Waals surface area contributed by atoms with Crippen molar-refractivity contribution in [3.8, 4) is 0 Å². The van der Waals surface area contributed by atoms with Crippen LogP contribution in [-0.2, 0) is 22.9 Å². The first-order valence-electron chi connectivity index (χ1n) is 15.9. The molecule has 1 spiro atoms. The van der Waals surface area contributed by atoms with Crippen molar-refractivity contribution >= 4 is 30.7 Å². The highest BCUT2D eigenvalue weighted by Gasteiger charge is 2.72. The third-order valence-corrected chi connectivity index (χ3v) is 13.6. The van der Waals surface area contributed by atoms with Gasteiger partial charge in [-0.25, -0.2) is 0 Å². The van der Waals surface area contributed by atoms with Crippen LogP contribution in [-0.4, -0.2) is 62.9 Å². The van der Waals surface area contributed by atoms with Gasteiger partial charge in [-0.15, -0.1) is 0 Å². The van der Waals surface area contributed by atoms with Gasteiger partial charge in [0.15, 0.2) is 31.2 Å². The Morgan fingerprint density at radius 3 is 2.33 bits per heavy atom. The Morgan fingerprint density at radius 2 is 1.70 bits per heavy atom. The molecule has 2 bridgehead atoms. The van der Waals surface area contributed by atoms with Gasteiger partial charge in [-0.2, -0.15) is 0 Å². The summed E-state index contributed by atoms with van der Waals surface area (Å²) in [5, 5.41) is 4.33. The molecular weight excluding hydrogens is 551 g/mol. The summed E-state index contributed by atoms with van der Waals surface area (Å²) in [5.74, 6) is 2.25. The lowest BCUT2D eigenvalue weighted by atomic mass is 9.46. The van der Waals surface area contributed by atoms with Crippen LogP contribution in [0.5, 0.6) is 0 Å². The lowest BCUT2D eigenvalue weighted by Crippen LogP contribution is -2.57. The highest BCUT2D eigenvalue weighted by Crippen LogP contribution is 2.72. The maximum Gasteiger partial charge on any atom is 0.187 e. The fourth-order valence-electron chi connectivity index (χ4n) is 9.46. The van der Waals surface area contributed by atoms with Crippen LogP contribution in [0, 0.1) is 34.5 Å². The Morgan fingerprint density at radius 1 is 0.975 bits per heavy atom. The average Bonchev–Trinajstić information content (AvgIpc) is 3.33. The monoisotopic (exact) mass is 607 g/mol. The quantitative estimate of drug-likeness (QED) is 0.198. The fourth-order valence-corrected chi connectivity index (χ4v) is 12.2. The molecule has 0 aromatic heterocycles. The van der Waals surface area contributed by atoms with E-state index in [-0.39, 0.29) is 29.3 Å². The zero-order chi connectivity index (χ0) is 29.3. The highest BCUT2D eigenvalue weighted by atomic mass is 28.4. The molecule has 0 radical (unpaired) electrons. The van der Waals surface area contributed by atoms with Crippen molar-refractivity contribution in [1.82, 2.24) is 0 Å². The molecule has 40 heavy (non-hydrogen) atoms. The minimum Gasteiger partial charge on any atom is -0.415 e. The van der Waals surface area contributed by atoms with Crippen molar-refractivity contribution in [1.29, 1.82) is 0 Å². The molecule has 4 aliphatic carbocycles. The van der Waals surface area contributed by atoms with Crippen molar-refractivity contribution in [2.75, 3.05) is 13.7 Å². The van der Waals surface area contributed by atoms with Crippen LogP contribution < -0.4 is 0 Å². The minimum absolute atomic E-state index is 0.0220. The molecule has 5 aliphatic rings. The summed E-state index contributed by atoms with van der Waals surface area (Å²) in [7, 11) is -3.67. The van der Waals surface area contributed by atoms with Crippen LogP contribution in [0.1, 0.15) is 51.9 Å². The van der Waals surface area contributed by atoms with E-state index in [2.05, 4.69) is 77.1 Å². The molecule has 0 aromatic carbocycles. The topological polar surface area (TPSA) is 58.5 Å². The van der Waals surface area contributed by atoms with Crippen molar-refractivity contribution in [2.24, 2.45) is 39.7 Å². The molecule has 6 nitrogen and oxygen atoms in total. The Balaban J connectivity index is 1.54. The number of allylic oxidation sites excluding steroid dienone is 2. The molecule has 1 unspecified atom stereocenters. The molecule has 3 saturated carbocycles. The Kier molecular flexibility index (Phi) is 8.33. The normalized spacial score (nSPS) is 41.3. The predicted octanol–water partition coefficient (Wildman–Crippen LogP) is 7.81. The molecule has 9 atom stereocenters. The SMILES string of the molecule is CO/N=C1\C=C2CC[C@@H]3[C@H]([C@@H]4C[C@]5(C(O[Si](C)(C)C)O4)[C@@H]([C@H](CO[Si](C)(C)C)O[Si](C)(C)C)CC[C@@H]35)[C@@]2(C)CC1. The number of ether oxygens (including phenoxy) is 1. The Bertz CT molecular complexity index is 1010. The molecule has 0 aromatic rings. The smallest absolute Gasteiger partial charge is 0.187 e.